The summed E-state index contributed by atoms with van der Waals surface area (Å²) in [6.07, 6.45) is 6.64. The number of hydrogen-bond acceptors (Lipinski definition) is 3. The molecule has 0 aromatic carbocycles. The number of carbonyl (C=O) groups is 1. The number of aromatic nitrogens is 2. The molecule has 1 amide bonds. The molecule has 116 valence electrons. The molecule has 0 saturated carbocycles. The van der Waals surface area contributed by atoms with E-state index in [1.54, 1.807) is 0 Å². The zero-order chi connectivity index (χ0) is 14.7. The summed E-state index contributed by atoms with van der Waals surface area (Å²) in [4.78, 5) is 22.4. The average Bonchev–Trinajstić information content (AvgIpc) is 2.81. The van der Waals surface area contributed by atoms with Crippen molar-refractivity contribution in [1.29, 1.82) is 0 Å². The lowest BCUT2D eigenvalue weighted by Gasteiger charge is -2.31. The van der Waals surface area contributed by atoms with Crippen molar-refractivity contribution in [2.24, 2.45) is 5.92 Å². The van der Waals surface area contributed by atoms with Crippen LogP contribution >= 0.6 is 0 Å². The van der Waals surface area contributed by atoms with Gasteiger partial charge in [-0.3, -0.25) is 4.79 Å². The summed E-state index contributed by atoms with van der Waals surface area (Å²) in [5.41, 5.74) is 1.66. The normalized spacial score (nSPS) is 20.9. The zero-order valence-electron chi connectivity index (χ0n) is 13.0. The Balaban J connectivity index is 1.59. The van der Waals surface area contributed by atoms with Gasteiger partial charge in [-0.25, -0.2) is 4.98 Å². The van der Waals surface area contributed by atoms with Crippen LogP contribution < -0.4 is 5.32 Å². The standard InChI is InChI=1S/C16H26N4O/c1-2-8-20-9-5-12(6-10-20)11-14-18-13-4-3-7-17-16(21)15(13)19-14/h12H,2-11H2,1H3,(H,17,21)(H,18,19). The molecule has 0 spiro atoms. The van der Waals surface area contributed by atoms with E-state index < -0.39 is 0 Å². The molecule has 3 rings (SSSR count). The summed E-state index contributed by atoms with van der Waals surface area (Å²) in [5, 5.41) is 2.91. The number of nitrogens with zero attached hydrogens (tertiary/aromatic N) is 2. The molecule has 1 aromatic rings. The maximum atomic E-state index is 11.9. The monoisotopic (exact) mass is 290 g/mol. The minimum atomic E-state index is -0.0113. The zero-order valence-corrected chi connectivity index (χ0v) is 13.0. The highest BCUT2D eigenvalue weighted by Crippen LogP contribution is 2.22. The highest BCUT2D eigenvalue weighted by molar-refractivity contribution is 5.93. The molecule has 21 heavy (non-hydrogen) atoms. The largest absolute Gasteiger partial charge is 0.351 e. The van der Waals surface area contributed by atoms with Crippen molar-refractivity contribution >= 4 is 5.91 Å². The number of hydrogen-bond donors (Lipinski definition) is 2. The van der Waals surface area contributed by atoms with Crippen molar-refractivity contribution in [3.05, 3.63) is 17.2 Å². The molecule has 2 aliphatic heterocycles. The Hall–Kier alpha value is -1.36. The highest BCUT2D eigenvalue weighted by atomic mass is 16.1. The molecule has 0 unspecified atom stereocenters. The molecule has 0 bridgehead atoms. The van der Waals surface area contributed by atoms with Crippen molar-refractivity contribution < 1.29 is 4.79 Å². The summed E-state index contributed by atoms with van der Waals surface area (Å²) in [6, 6.07) is 0. The van der Waals surface area contributed by atoms with Gasteiger partial charge in [0, 0.05) is 18.7 Å². The van der Waals surface area contributed by atoms with Crippen LogP contribution in [0.5, 0.6) is 0 Å². The fraction of sp³-hybridized carbons (Fsp3) is 0.750. The third kappa shape index (κ3) is 3.46. The first-order valence-electron chi connectivity index (χ1n) is 8.34. The SMILES string of the molecule is CCCN1CCC(Cc2nc3c([nH]2)CCCNC3=O)CC1. The van der Waals surface area contributed by atoms with Gasteiger partial charge >= 0.3 is 0 Å². The second kappa shape index (κ2) is 6.60. The van der Waals surface area contributed by atoms with E-state index in [1.807, 2.05) is 0 Å². The van der Waals surface area contributed by atoms with Crippen LogP contribution in [0.3, 0.4) is 0 Å². The molecule has 0 radical (unpaired) electrons. The number of carbonyl (C=O) groups excluding carboxylic acids is 1. The van der Waals surface area contributed by atoms with Gasteiger partial charge in [0.2, 0.25) is 0 Å². The van der Waals surface area contributed by atoms with E-state index >= 15 is 0 Å². The van der Waals surface area contributed by atoms with Crippen molar-refractivity contribution in [1.82, 2.24) is 20.2 Å². The third-order valence-corrected chi connectivity index (χ3v) is 4.66. The summed E-state index contributed by atoms with van der Waals surface area (Å²) < 4.78 is 0. The Morgan fingerprint density at radius 3 is 2.90 bits per heavy atom. The summed E-state index contributed by atoms with van der Waals surface area (Å²) >= 11 is 0. The minimum Gasteiger partial charge on any atom is -0.351 e. The highest BCUT2D eigenvalue weighted by Gasteiger charge is 2.23. The molecule has 1 fully saturated rings. The quantitative estimate of drug-likeness (QED) is 0.888. The number of nitrogens with one attached hydrogen (secondary N) is 2. The van der Waals surface area contributed by atoms with Gasteiger partial charge in [0.25, 0.3) is 5.91 Å². The fourth-order valence-electron chi connectivity index (χ4n) is 3.48. The van der Waals surface area contributed by atoms with Crippen LogP contribution in [-0.4, -0.2) is 47.0 Å². The topological polar surface area (TPSA) is 61.0 Å². The Labute approximate surface area is 126 Å². The van der Waals surface area contributed by atoms with Crippen LogP contribution in [-0.2, 0) is 12.8 Å². The first-order valence-corrected chi connectivity index (χ1v) is 8.34. The van der Waals surface area contributed by atoms with E-state index in [0.717, 1.165) is 37.3 Å². The van der Waals surface area contributed by atoms with Crippen LogP contribution in [0, 0.1) is 5.92 Å². The molecule has 0 aliphatic carbocycles. The van der Waals surface area contributed by atoms with E-state index in [-0.39, 0.29) is 5.91 Å². The molecule has 1 aromatic heterocycles. The van der Waals surface area contributed by atoms with Crippen LogP contribution in [0.2, 0.25) is 0 Å². The van der Waals surface area contributed by atoms with Gasteiger partial charge in [0.15, 0.2) is 0 Å². The van der Waals surface area contributed by atoms with Gasteiger partial charge in [0.05, 0.1) is 0 Å². The van der Waals surface area contributed by atoms with Gasteiger partial charge in [-0.2, -0.15) is 0 Å². The third-order valence-electron chi connectivity index (χ3n) is 4.66. The number of aryl methyl sites for hydroxylation is 1. The van der Waals surface area contributed by atoms with E-state index in [0.29, 0.717) is 11.6 Å². The Kier molecular flexibility index (Phi) is 4.58. The number of H-pyrrole nitrogens is 1. The van der Waals surface area contributed by atoms with Crippen LogP contribution in [0.15, 0.2) is 0 Å². The summed E-state index contributed by atoms with van der Waals surface area (Å²) in [7, 11) is 0. The van der Waals surface area contributed by atoms with Crippen LogP contribution in [0.1, 0.15) is 54.6 Å². The lowest BCUT2D eigenvalue weighted by Crippen LogP contribution is -2.34. The number of imidazole rings is 1. The first kappa shape index (κ1) is 14.6. The van der Waals surface area contributed by atoms with Crippen LogP contribution in [0.25, 0.3) is 0 Å². The van der Waals surface area contributed by atoms with Gasteiger partial charge < -0.3 is 15.2 Å². The molecule has 5 heteroatoms. The van der Waals surface area contributed by atoms with Gasteiger partial charge in [-0.1, -0.05) is 6.92 Å². The number of amides is 1. The summed E-state index contributed by atoms with van der Waals surface area (Å²) in [5.74, 6) is 1.70. The molecule has 2 N–H and O–H groups in total. The van der Waals surface area contributed by atoms with Crippen molar-refractivity contribution in [3.63, 3.8) is 0 Å². The van der Waals surface area contributed by atoms with Crippen molar-refractivity contribution in [2.45, 2.75) is 45.4 Å². The molecule has 3 heterocycles. The molecule has 1 saturated heterocycles. The maximum absolute atomic E-state index is 11.9. The molecule has 0 atom stereocenters. The molecule has 2 aliphatic rings. The number of fused-ring (bicyclic) bond motifs is 1. The lowest BCUT2D eigenvalue weighted by atomic mass is 9.93. The Morgan fingerprint density at radius 2 is 2.14 bits per heavy atom. The number of likely N-dealkylation sites (tertiary alicyclic amines) is 1. The van der Waals surface area contributed by atoms with E-state index in [4.69, 9.17) is 0 Å². The second-order valence-electron chi connectivity index (χ2n) is 6.36. The first-order chi connectivity index (χ1) is 10.3. The van der Waals surface area contributed by atoms with Gasteiger partial charge in [0.1, 0.15) is 11.5 Å². The second-order valence-corrected chi connectivity index (χ2v) is 6.36. The predicted octanol–water partition coefficient (Wildman–Crippen LogP) is 1.75. The van der Waals surface area contributed by atoms with E-state index in [9.17, 15) is 4.79 Å². The fourth-order valence-corrected chi connectivity index (χ4v) is 3.48. The minimum absolute atomic E-state index is 0.0113. The van der Waals surface area contributed by atoms with Crippen molar-refractivity contribution in [3.8, 4) is 0 Å². The van der Waals surface area contributed by atoms with Gasteiger partial charge in [-0.15, -0.1) is 0 Å². The number of rotatable bonds is 4. The smallest absolute Gasteiger partial charge is 0.271 e. The maximum Gasteiger partial charge on any atom is 0.271 e. The Bertz CT molecular complexity index is 488. The van der Waals surface area contributed by atoms with E-state index in [2.05, 4.69) is 27.1 Å². The number of piperidine rings is 1. The number of aromatic amines is 1. The van der Waals surface area contributed by atoms with Crippen LogP contribution in [0.4, 0.5) is 0 Å². The lowest BCUT2D eigenvalue weighted by molar-refractivity contribution is 0.0951. The molecular formula is C16H26N4O. The average molecular weight is 290 g/mol. The predicted molar refractivity (Wildman–Crippen MR) is 82.4 cm³/mol. The van der Waals surface area contributed by atoms with Gasteiger partial charge in [-0.05, 0) is 57.7 Å². The molecular weight excluding hydrogens is 264 g/mol. The summed E-state index contributed by atoms with van der Waals surface area (Å²) in [6.45, 7) is 6.64. The van der Waals surface area contributed by atoms with Crippen molar-refractivity contribution in [2.75, 3.05) is 26.2 Å². The Morgan fingerprint density at radius 1 is 1.33 bits per heavy atom. The molecule has 5 nitrogen and oxygen atoms in total. The van der Waals surface area contributed by atoms with E-state index in [1.165, 1.54) is 38.9 Å².